The van der Waals surface area contributed by atoms with Gasteiger partial charge in [0.25, 0.3) is 0 Å². The minimum absolute atomic E-state index is 0.00687. The Morgan fingerprint density at radius 1 is 1.36 bits per heavy atom. The number of likely N-dealkylation sites (tertiary alicyclic amines) is 1. The summed E-state index contributed by atoms with van der Waals surface area (Å²) in [6, 6.07) is 9.15. The van der Waals surface area contributed by atoms with Crippen LogP contribution in [-0.4, -0.2) is 47.5 Å². The molecule has 28 heavy (non-hydrogen) atoms. The smallest absolute Gasteiger partial charge is 0.228 e. The zero-order valence-corrected chi connectivity index (χ0v) is 16.8. The molecule has 0 spiro atoms. The van der Waals surface area contributed by atoms with Crippen LogP contribution in [0.25, 0.3) is 0 Å². The maximum absolute atomic E-state index is 13.3. The lowest BCUT2D eigenvalue weighted by Gasteiger charge is -2.41. The molecule has 1 aromatic heterocycles. The summed E-state index contributed by atoms with van der Waals surface area (Å²) >= 11 is 0. The van der Waals surface area contributed by atoms with E-state index in [0.717, 1.165) is 11.3 Å². The first-order valence-electron chi connectivity index (χ1n) is 9.55. The molecule has 2 amide bonds. The van der Waals surface area contributed by atoms with Crippen molar-refractivity contribution in [3.63, 3.8) is 0 Å². The average molecular weight is 385 g/mol. The van der Waals surface area contributed by atoms with E-state index < -0.39 is 0 Å². The molecule has 0 radical (unpaired) electrons. The van der Waals surface area contributed by atoms with Crippen molar-refractivity contribution < 1.29 is 18.8 Å². The number of aryl methyl sites for hydroxylation is 1. The third-order valence-corrected chi connectivity index (χ3v) is 5.27. The monoisotopic (exact) mass is 385 g/mol. The SMILES string of the molecule is CCN1C(=O)CC[C@@H](C(=O)N(C)Cc2cc(C)on2)[C@@H]1c1ccc(OC)cc1. The number of rotatable bonds is 6. The number of carbonyl (C=O) groups excluding carboxylic acids is 2. The molecule has 1 aliphatic heterocycles. The fourth-order valence-electron chi connectivity index (χ4n) is 3.89. The lowest BCUT2D eigenvalue weighted by atomic mass is 9.83. The Kier molecular flexibility index (Phi) is 6.02. The van der Waals surface area contributed by atoms with Gasteiger partial charge in [-0.1, -0.05) is 17.3 Å². The summed E-state index contributed by atoms with van der Waals surface area (Å²) in [5.41, 5.74) is 1.66. The molecule has 150 valence electrons. The van der Waals surface area contributed by atoms with Crippen molar-refractivity contribution in [2.45, 2.75) is 39.3 Å². The van der Waals surface area contributed by atoms with Gasteiger partial charge in [-0.05, 0) is 38.0 Å². The van der Waals surface area contributed by atoms with Crippen LogP contribution in [0.15, 0.2) is 34.9 Å². The quantitative estimate of drug-likeness (QED) is 0.764. The number of methoxy groups -OCH3 is 1. The molecular formula is C21H27N3O4. The second-order valence-electron chi connectivity index (χ2n) is 7.17. The number of aromatic nitrogens is 1. The van der Waals surface area contributed by atoms with E-state index in [9.17, 15) is 9.59 Å². The first-order valence-corrected chi connectivity index (χ1v) is 9.55. The molecule has 2 aromatic rings. The molecule has 0 bridgehead atoms. The number of hydrogen-bond donors (Lipinski definition) is 0. The van der Waals surface area contributed by atoms with Gasteiger partial charge in [-0.15, -0.1) is 0 Å². The molecule has 1 aromatic carbocycles. The highest BCUT2D eigenvalue weighted by atomic mass is 16.5. The molecule has 3 rings (SSSR count). The van der Waals surface area contributed by atoms with E-state index in [1.165, 1.54) is 0 Å². The normalized spacial score (nSPS) is 19.6. The second-order valence-corrected chi connectivity index (χ2v) is 7.17. The van der Waals surface area contributed by atoms with Gasteiger partial charge >= 0.3 is 0 Å². The average Bonchev–Trinajstić information content (AvgIpc) is 3.11. The van der Waals surface area contributed by atoms with Gasteiger partial charge in [0.15, 0.2) is 0 Å². The van der Waals surface area contributed by atoms with Crippen LogP contribution in [0.1, 0.15) is 42.8 Å². The molecular weight excluding hydrogens is 358 g/mol. The summed E-state index contributed by atoms with van der Waals surface area (Å²) in [5.74, 6) is 1.25. The highest BCUT2D eigenvalue weighted by molar-refractivity contribution is 5.85. The van der Waals surface area contributed by atoms with E-state index in [2.05, 4.69) is 5.16 Å². The molecule has 1 aliphatic rings. The van der Waals surface area contributed by atoms with Gasteiger partial charge in [0.1, 0.15) is 17.2 Å². The van der Waals surface area contributed by atoms with Crippen molar-refractivity contribution in [2.75, 3.05) is 20.7 Å². The van der Waals surface area contributed by atoms with Crippen molar-refractivity contribution in [1.82, 2.24) is 15.0 Å². The first-order chi connectivity index (χ1) is 13.4. The summed E-state index contributed by atoms with van der Waals surface area (Å²) in [6.45, 7) is 4.71. The fourth-order valence-corrected chi connectivity index (χ4v) is 3.89. The van der Waals surface area contributed by atoms with Gasteiger partial charge < -0.3 is 19.1 Å². The van der Waals surface area contributed by atoms with Crippen LogP contribution < -0.4 is 4.74 Å². The Balaban J connectivity index is 1.86. The lowest BCUT2D eigenvalue weighted by Crippen LogP contribution is -2.48. The van der Waals surface area contributed by atoms with Crippen LogP contribution in [0, 0.1) is 12.8 Å². The van der Waals surface area contributed by atoms with E-state index in [1.807, 2.05) is 49.1 Å². The Labute approximate surface area is 165 Å². The predicted molar refractivity (Wildman–Crippen MR) is 104 cm³/mol. The largest absolute Gasteiger partial charge is 0.497 e. The minimum Gasteiger partial charge on any atom is -0.497 e. The van der Waals surface area contributed by atoms with Gasteiger partial charge in [0, 0.05) is 26.1 Å². The summed E-state index contributed by atoms with van der Waals surface area (Å²) in [6.07, 6.45) is 0.918. The van der Waals surface area contributed by atoms with Crippen LogP contribution in [-0.2, 0) is 16.1 Å². The van der Waals surface area contributed by atoms with Crippen molar-refractivity contribution >= 4 is 11.8 Å². The van der Waals surface area contributed by atoms with Gasteiger partial charge in [-0.2, -0.15) is 0 Å². The number of nitrogens with zero attached hydrogens (tertiary/aromatic N) is 3. The zero-order chi connectivity index (χ0) is 20.3. The first kappa shape index (κ1) is 19.9. The van der Waals surface area contributed by atoms with Crippen LogP contribution in [0.5, 0.6) is 5.75 Å². The highest BCUT2D eigenvalue weighted by Crippen LogP contribution is 2.38. The fraction of sp³-hybridized carbons (Fsp3) is 0.476. The number of ether oxygens (including phenoxy) is 1. The Morgan fingerprint density at radius 2 is 2.07 bits per heavy atom. The summed E-state index contributed by atoms with van der Waals surface area (Å²) in [7, 11) is 3.38. The van der Waals surface area contributed by atoms with E-state index in [4.69, 9.17) is 9.26 Å². The Morgan fingerprint density at radius 3 is 2.64 bits per heavy atom. The van der Waals surface area contributed by atoms with Gasteiger partial charge in [-0.25, -0.2) is 0 Å². The van der Waals surface area contributed by atoms with Gasteiger partial charge in [0.05, 0.1) is 25.6 Å². The summed E-state index contributed by atoms with van der Waals surface area (Å²) < 4.78 is 10.3. The van der Waals surface area contributed by atoms with E-state index in [1.54, 1.807) is 19.1 Å². The van der Waals surface area contributed by atoms with Crippen molar-refractivity contribution in [3.05, 3.63) is 47.3 Å². The van der Waals surface area contributed by atoms with Crippen LogP contribution in [0.3, 0.4) is 0 Å². The minimum atomic E-state index is -0.302. The molecule has 0 N–H and O–H groups in total. The third kappa shape index (κ3) is 4.03. The molecule has 1 fully saturated rings. The highest BCUT2D eigenvalue weighted by Gasteiger charge is 2.41. The molecule has 0 aliphatic carbocycles. The summed E-state index contributed by atoms with van der Waals surface area (Å²) in [4.78, 5) is 29.3. The maximum Gasteiger partial charge on any atom is 0.228 e. The summed E-state index contributed by atoms with van der Waals surface area (Å²) in [5, 5.41) is 3.98. The Bertz CT molecular complexity index is 830. The van der Waals surface area contributed by atoms with Crippen LogP contribution in [0.4, 0.5) is 0 Å². The molecule has 7 nitrogen and oxygen atoms in total. The van der Waals surface area contributed by atoms with Gasteiger partial charge in [0.2, 0.25) is 11.8 Å². The standard InChI is InChI=1S/C21H27N3O4/c1-5-24-19(25)11-10-18(20(24)15-6-8-17(27-4)9-7-15)21(26)23(3)13-16-12-14(2)28-22-16/h6-9,12,18,20H,5,10-11,13H2,1-4H3/t18-,20+/m1/s1. The third-order valence-electron chi connectivity index (χ3n) is 5.27. The number of piperidine rings is 1. The second kappa shape index (κ2) is 8.46. The van der Waals surface area contributed by atoms with E-state index in [0.29, 0.717) is 37.4 Å². The Hall–Kier alpha value is -2.83. The van der Waals surface area contributed by atoms with Crippen LogP contribution in [0.2, 0.25) is 0 Å². The van der Waals surface area contributed by atoms with E-state index in [-0.39, 0.29) is 23.8 Å². The van der Waals surface area contributed by atoms with Crippen molar-refractivity contribution in [3.8, 4) is 5.75 Å². The van der Waals surface area contributed by atoms with E-state index >= 15 is 0 Å². The molecule has 7 heteroatoms. The number of hydrogen-bond acceptors (Lipinski definition) is 5. The number of benzene rings is 1. The topological polar surface area (TPSA) is 75.9 Å². The van der Waals surface area contributed by atoms with Crippen molar-refractivity contribution in [1.29, 1.82) is 0 Å². The lowest BCUT2D eigenvalue weighted by molar-refractivity contribution is -0.147. The molecule has 1 saturated heterocycles. The zero-order valence-electron chi connectivity index (χ0n) is 16.8. The molecule has 2 heterocycles. The van der Waals surface area contributed by atoms with Gasteiger partial charge in [-0.3, -0.25) is 9.59 Å². The number of amides is 2. The van der Waals surface area contributed by atoms with Crippen LogP contribution >= 0.6 is 0 Å². The predicted octanol–water partition coefficient (Wildman–Crippen LogP) is 2.95. The maximum atomic E-state index is 13.3. The molecule has 0 saturated carbocycles. The molecule has 0 unspecified atom stereocenters. The van der Waals surface area contributed by atoms with Crippen molar-refractivity contribution in [2.24, 2.45) is 5.92 Å². The number of carbonyl (C=O) groups is 2. The molecule has 2 atom stereocenters.